The SMILES string of the molecule is C[C@]1(c2cccc3ccccc23)NC(=O)N(CC(=O)NC[C@H]2CCCO2)C1=O. The van der Waals surface area contributed by atoms with Gasteiger partial charge >= 0.3 is 6.03 Å². The van der Waals surface area contributed by atoms with Gasteiger partial charge in [-0.25, -0.2) is 4.79 Å². The summed E-state index contributed by atoms with van der Waals surface area (Å²) >= 11 is 0. The first-order valence-electron chi connectivity index (χ1n) is 9.50. The molecular weight excluding hydrogens is 358 g/mol. The summed E-state index contributed by atoms with van der Waals surface area (Å²) in [5.41, 5.74) is -0.501. The Bertz CT molecular complexity index is 933. The van der Waals surface area contributed by atoms with Gasteiger partial charge in [-0.05, 0) is 36.1 Å². The lowest BCUT2D eigenvalue weighted by molar-refractivity contribution is -0.134. The van der Waals surface area contributed by atoms with Crippen LogP contribution in [0, 0.1) is 0 Å². The molecule has 2 aliphatic heterocycles. The van der Waals surface area contributed by atoms with Gasteiger partial charge < -0.3 is 15.4 Å². The summed E-state index contributed by atoms with van der Waals surface area (Å²) in [4.78, 5) is 38.9. The average Bonchev–Trinajstić information content (AvgIpc) is 3.29. The van der Waals surface area contributed by atoms with E-state index in [0.717, 1.165) is 28.5 Å². The fourth-order valence-corrected chi connectivity index (χ4v) is 3.92. The van der Waals surface area contributed by atoms with Crippen LogP contribution in [-0.4, -0.2) is 48.5 Å². The molecule has 2 saturated heterocycles. The van der Waals surface area contributed by atoms with Gasteiger partial charge in [-0.2, -0.15) is 0 Å². The number of ether oxygens (including phenoxy) is 1. The number of fused-ring (bicyclic) bond motifs is 1. The molecule has 2 aromatic carbocycles. The maximum absolute atomic E-state index is 13.1. The predicted octanol–water partition coefficient (Wildman–Crippen LogP) is 1.90. The van der Waals surface area contributed by atoms with Crippen LogP contribution in [0.3, 0.4) is 0 Å². The maximum atomic E-state index is 13.1. The Hall–Kier alpha value is -2.93. The Morgan fingerprint density at radius 3 is 2.82 bits per heavy atom. The minimum Gasteiger partial charge on any atom is -0.376 e. The number of nitrogens with zero attached hydrogens (tertiary/aromatic N) is 1. The van der Waals surface area contributed by atoms with Crippen LogP contribution in [-0.2, 0) is 19.9 Å². The molecule has 0 aromatic heterocycles. The molecule has 2 atom stereocenters. The second kappa shape index (κ2) is 7.24. The Morgan fingerprint density at radius 1 is 1.25 bits per heavy atom. The van der Waals surface area contributed by atoms with Crippen LogP contribution in [0.15, 0.2) is 42.5 Å². The minimum atomic E-state index is -1.22. The molecule has 0 spiro atoms. The van der Waals surface area contributed by atoms with Gasteiger partial charge in [-0.15, -0.1) is 0 Å². The van der Waals surface area contributed by atoms with E-state index in [4.69, 9.17) is 4.74 Å². The molecule has 4 amide bonds. The van der Waals surface area contributed by atoms with Crippen molar-refractivity contribution >= 4 is 28.6 Å². The van der Waals surface area contributed by atoms with E-state index in [2.05, 4.69) is 10.6 Å². The number of amides is 4. The van der Waals surface area contributed by atoms with E-state index in [1.807, 2.05) is 42.5 Å². The lowest BCUT2D eigenvalue weighted by Crippen LogP contribution is -2.44. The van der Waals surface area contributed by atoms with Crippen molar-refractivity contribution in [1.82, 2.24) is 15.5 Å². The zero-order valence-corrected chi connectivity index (χ0v) is 15.7. The quantitative estimate of drug-likeness (QED) is 0.775. The average molecular weight is 381 g/mol. The summed E-state index contributed by atoms with van der Waals surface area (Å²) in [6.07, 6.45) is 1.90. The van der Waals surface area contributed by atoms with Crippen LogP contribution in [0.1, 0.15) is 25.3 Å². The van der Waals surface area contributed by atoms with E-state index in [9.17, 15) is 14.4 Å². The first kappa shape index (κ1) is 18.4. The number of carbonyl (C=O) groups excluding carboxylic acids is 3. The van der Waals surface area contributed by atoms with Crippen molar-refractivity contribution in [1.29, 1.82) is 0 Å². The summed E-state index contributed by atoms with van der Waals surface area (Å²) in [6, 6.07) is 12.8. The highest BCUT2D eigenvalue weighted by Gasteiger charge is 2.50. The molecule has 7 heteroatoms. The second-order valence-electron chi connectivity index (χ2n) is 7.41. The van der Waals surface area contributed by atoms with Crippen LogP contribution in [0.4, 0.5) is 4.79 Å². The number of benzene rings is 2. The molecule has 28 heavy (non-hydrogen) atoms. The molecule has 2 heterocycles. The Morgan fingerprint density at radius 2 is 2.04 bits per heavy atom. The number of rotatable bonds is 5. The van der Waals surface area contributed by atoms with E-state index < -0.39 is 17.5 Å². The third-order valence-electron chi connectivity index (χ3n) is 5.46. The highest BCUT2D eigenvalue weighted by Crippen LogP contribution is 2.33. The highest BCUT2D eigenvalue weighted by atomic mass is 16.5. The molecule has 146 valence electrons. The standard InChI is InChI=1S/C21H23N3O4/c1-21(17-10-4-7-14-6-2-3-9-16(14)17)19(26)24(20(27)23-21)13-18(25)22-12-15-8-5-11-28-15/h2-4,6-7,9-10,15H,5,8,11-13H2,1H3,(H,22,25)(H,23,27)/t15-,21-/m1/s1. The molecule has 0 bridgehead atoms. The van der Waals surface area contributed by atoms with Crippen molar-refractivity contribution in [2.45, 2.75) is 31.4 Å². The summed E-state index contributed by atoms with van der Waals surface area (Å²) in [7, 11) is 0. The second-order valence-corrected chi connectivity index (χ2v) is 7.41. The van der Waals surface area contributed by atoms with Gasteiger partial charge in [0.25, 0.3) is 5.91 Å². The molecule has 0 radical (unpaired) electrons. The van der Waals surface area contributed by atoms with E-state index in [-0.39, 0.29) is 18.6 Å². The molecule has 0 saturated carbocycles. The van der Waals surface area contributed by atoms with Gasteiger partial charge in [0, 0.05) is 13.2 Å². The third kappa shape index (κ3) is 3.22. The largest absolute Gasteiger partial charge is 0.376 e. The maximum Gasteiger partial charge on any atom is 0.325 e. The first-order chi connectivity index (χ1) is 13.5. The lowest BCUT2D eigenvalue weighted by atomic mass is 9.88. The van der Waals surface area contributed by atoms with Gasteiger partial charge in [0.1, 0.15) is 12.1 Å². The van der Waals surface area contributed by atoms with Crippen LogP contribution in [0.2, 0.25) is 0 Å². The normalized spacial score (nSPS) is 24.6. The van der Waals surface area contributed by atoms with Gasteiger partial charge in [0.2, 0.25) is 5.91 Å². The van der Waals surface area contributed by atoms with Gasteiger partial charge in [-0.3, -0.25) is 14.5 Å². The highest BCUT2D eigenvalue weighted by molar-refractivity contribution is 6.10. The van der Waals surface area contributed by atoms with Crippen molar-refractivity contribution in [3.05, 3.63) is 48.0 Å². The Labute approximate surface area is 163 Å². The lowest BCUT2D eigenvalue weighted by Gasteiger charge is -2.24. The fraction of sp³-hybridized carbons (Fsp3) is 0.381. The number of hydrogen-bond acceptors (Lipinski definition) is 4. The number of nitrogens with one attached hydrogen (secondary N) is 2. The van der Waals surface area contributed by atoms with E-state index in [1.165, 1.54) is 0 Å². The number of carbonyl (C=O) groups is 3. The number of imide groups is 1. The van der Waals surface area contributed by atoms with Crippen molar-refractivity contribution in [3.63, 3.8) is 0 Å². The summed E-state index contributed by atoms with van der Waals surface area (Å²) < 4.78 is 5.47. The van der Waals surface area contributed by atoms with Crippen molar-refractivity contribution in [2.24, 2.45) is 0 Å². The van der Waals surface area contributed by atoms with E-state index in [0.29, 0.717) is 18.7 Å². The van der Waals surface area contributed by atoms with Crippen LogP contribution in [0.5, 0.6) is 0 Å². The van der Waals surface area contributed by atoms with Crippen molar-refractivity contribution in [2.75, 3.05) is 19.7 Å². The summed E-state index contributed by atoms with van der Waals surface area (Å²) in [5, 5.41) is 7.40. The van der Waals surface area contributed by atoms with Crippen LogP contribution in [0.25, 0.3) is 10.8 Å². The molecule has 2 fully saturated rings. The topological polar surface area (TPSA) is 87.7 Å². The van der Waals surface area contributed by atoms with E-state index >= 15 is 0 Å². The molecule has 2 aromatic rings. The summed E-state index contributed by atoms with van der Waals surface area (Å²) in [5.74, 6) is -0.803. The molecule has 0 unspecified atom stereocenters. The van der Waals surface area contributed by atoms with Crippen molar-refractivity contribution in [3.8, 4) is 0 Å². The Kier molecular flexibility index (Phi) is 4.77. The zero-order chi connectivity index (χ0) is 19.7. The monoisotopic (exact) mass is 381 g/mol. The fourth-order valence-electron chi connectivity index (χ4n) is 3.92. The number of hydrogen-bond donors (Lipinski definition) is 2. The molecule has 7 nitrogen and oxygen atoms in total. The Balaban J connectivity index is 1.52. The van der Waals surface area contributed by atoms with Gasteiger partial charge in [-0.1, -0.05) is 42.5 Å². The molecule has 0 aliphatic carbocycles. The predicted molar refractivity (Wildman–Crippen MR) is 104 cm³/mol. The van der Waals surface area contributed by atoms with Crippen LogP contribution >= 0.6 is 0 Å². The van der Waals surface area contributed by atoms with Gasteiger partial charge in [0.15, 0.2) is 0 Å². The molecule has 2 N–H and O–H groups in total. The van der Waals surface area contributed by atoms with Gasteiger partial charge in [0.05, 0.1) is 6.10 Å². The smallest absolute Gasteiger partial charge is 0.325 e. The first-order valence-corrected chi connectivity index (χ1v) is 9.50. The van der Waals surface area contributed by atoms with Crippen LogP contribution < -0.4 is 10.6 Å². The third-order valence-corrected chi connectivity index (χ3v) is 5.46. The molecule has 2 aliphatic rings. The zero-order valence-electron chi connectivity index (χ0n) is 15.7. The van der Waals surface area contributed by atoms with E-state index in [1.54, 1.807) is 6.92 Å². The van der Waals surface area contributed by atoms with Crippen molar-refractivity contribution < 1.29 is 19.1 Å². The molecular formula is C21H23N3O4. The molecule has 4 rings (SSSR count). The summed E-state index contributed by atoms with van der Waals surface area (Å²) in [6.45, 7) is 2.47. The minimum absolute atomic E-state index is 0.00741. The number of urea groups is 1.